The van der Waals surface area contributed by atoms with E-state index in [2.05, 4.69) is 5.10 Å². The van der Waals surface area contributed by atoms with Crippen molar-refractivity contribution in [1.29, 1.82) is 0 Å². The Labute approximate surface area is 99.2 Å². The fourth-order valence-electron chi connectivity index (χ4n) is 2.19. The number of carbonyl (C=O) groups excluding carboxylic acids is 1. The molecule has 4 heteroatoms. The van der Waals surface area contributed by atoms with Crippen LogP contribution >= 0.6 is 0 Å². The van der Waals surface area contributed by atoms with Gasteiger partial charge in [0, 0.05) is 6.20 Å². The van der Waals surface area contributed by atoms with Gasteiger partial charge in [-0.25, -0.2) is 9.31 Å². The summed E-state index contributed by atoms with van der Waals surface area (Å²) in [5, 5.41) is 4.23. The smallest absolute Gasteiger partial charge is 0.340 e. The summed E-state index contributed by atoms with van der Waals surface area (Å²) in [7, 11) is 0. The Kier molecular flexibility index (Phi) is 2.35. The zero-order chi connectivity index (χ0) is 11.8. The summed E-state index contributed by atoms with van der Waals surface area (Å²) in [6.45, 7) is 2.22. The van der Waals surface area contributed by atoms with Gasteiger partial charge >= 0.3 is 5.97 Å². The zero-order valence-corrected chi connectivity index (χ0v) is 9.72. The molecule has 1 saturated carbocycles. The van der Waals surface area contributed by atoms with Crippen LogP contribution < -0.4 is 0 Å². The van der Waals surface area contributed by atoms with Crippen LogP contribution in [-0.4, -0.2) is 22.2 Å². The van der Waals surface area contributed by atoms with E-state index < -0.39 is 0 Å². The zero-order valence-electron chi connectivity index (χ0n) is 9.72. The molecule has 0 spiro atoms. The molecule has 1 fully saturated rings. The highest BCUT2D eigenvalue weighted by molar-refractivity contribution is 5.93. The van der Waals surface area contributed by atoms with E-state index >= 15 is 0 Å². The number of nitrogens with zero attached hydrogens (tertiary/aromatic N) is 2. The van der Waals surface area contributed by atoms with Crippen molar-refractivity contribution in [2.45, 2.75) is 25.7 Å². The predicted octanol–water partition coefficient (Wildman–Crippen LogP) is 2.39. The summed E-state index contributed by atoms with van der Waals surface area (Å²) < 4.78 is 6.90. The Bertz CT molecular complexity index is 570. The molecule has 2 heterocycles. The van der Waals surface area contributed by atoms with Crippen molar-refractivity contribution in [3.63, 3.8) is 0 Å². The second kappa shape index (κ2) is 3.87. The van der Waals surface area contributed by atoms with Gasteiger partial charge in [-0.15, -0.1) is 0 Å². The lowest BCUT2D eigenvalue weighted by Crippen LogP contribution is -2.10. The van der Waals surface area contributed by atoms with Crippen LogP contribution in [0.1, 0.15) is 41.6 Å². The topological polar surface area (TPSA) is 43.6 Å². The molecule has 0 amide bonds. The van der Waals surface area contributed by atoms with Crippen LogP contribution in [0.25, 0.3) is 5.52 Å². The molecule has 0 aliphatic heterocycles. The van der Waals surface area contributed by atoms with E-state index in [1.165, 1.54) is 0 Å². The van der Waals surface area contributed by atoms with Gasteiger partial charge in [0.2, 0.25) is 0 Å². The first-order chi connectivity index (χ1) is 8.31. The number of rotatable bonds is 3. The molecular weight excluding hydrogens is 216 g/mol. The van der Waals surface area contributed by atoms with Crippen LogP contribution in [0.15, 0.2) is 24.5 Å². The maximum Gasteiger partial charge on any atom is 0.340 e. The lowest BCUT2D eigenvalue weighted by molar-refractivity contribution is 0.0524. The standard InChI is InChI=1S/C13H14N2O2/c1-2-17-13(16)10-8-14-15-7-3-4-11(15)12(10)9-5-6-9/h3-4,7-9H,2,5-6H2,1H3. The molecule has 2 aromatic rings. The number of hydrogen-bond acceptors (Lipinski definition) is 3. The molecule has 88 valence electrons. The van der Waals surface area contributed by atoms with E-state index in [4.69, 9.17) is 4.74 Å². The van der Waals surface area contributed by atoms with Crippen LogP contribution in [0.3, 0.4) is 0 Å². The van der Waals surface area contributed by atoms with Crippen LogP contribution in [0.5, 0.6) is 0 Å². The molecule has 0 radical (unpaired) electrons. The molecule has 0 unspecified atom stereocenters. The van der Waals surface area contributed by atoms with E-state index in [-0.39, 0.29) is 5.97 Å². The minimum Gasteiger partial charge on any atom is -0.462 e. The Balaban J connectivity index is 2.16. The van der Waals surface area contributed by atoms with Crippen molar-refractivity contribution < 1.29 is 9.53 Å². The Hall–Kier alpha value is -1.84. The second-order valence-corrected chi connectivity index (χ2v) is 4.30. The maximum absolute atomic E-state index is 11.9. The lowest BCUT2D eigenvalue weighted by Gasteiger charge is -2.09. The molecule has 1 aliphatic carbocycles. The number of fused-ring (bicyclic) bond motifs is 1. The van der Waals surface area contributed by atoms with Crippen molar-refractivity contribution >= 4 is 11.5 Å². The van der Waals surface area contributed by atoms with E-state index in [9.17, 15) is 4.79 Å². The summed E-state index contributed by atoms with van der Waals surface area (Å²) in [4.78, 5) is 11.9. The van der Waals surface area contributed by atoms with Crippen molar-refractivity contribution in [3.05, 3.63) is 35.7 Å². The van der Waals surface area contributed by atoms with E-state index in [0.717, 1.165) is 23.9 Å². The van der Waals surface area contributed by atoms with Gasteiger partial charge in [-0.2, -0.15) is 5.10 Å². The quantitative estimate of drug-likeness (QED) is 0.760. The van der Waals surface area contributed by atoms with Gasteiger partial charge < -0.3 is 4.74 Å². The molecule has 0 saturated heterocycles. The van der Waals surface area contributed by atoms with Gasteiger partial charge in [0.1, 0.15) is 0 Å². The molecule has 0 atom stereocenters. The van der Waals surface area contributed by atoms with E-state index in [0.29, 0.717) is 18.1 Å². The second-order valence-electron chi connectivity index (χ2n) is 4.30. The van der Waals surface area contributed by atoms with Crippen molar-refractivity contribution in [2.24, 2.45) is 0 Å². The van der Waals surface area contributed by atoms with Crippen molar-refractivity contribution in [3.8, 4) is 0 Å². The highest BCUT2D eigenvalue weighted by Gasteiger charge is 2.31. The number of hydrogen-bond donors (Lipinski definition) is 0. The normalized spacial score (nSPS) is 15.1. The van der Waals surface area contributed by atoms with Gasteiger partial charge in [-0.1, -0.05) is 0 Å². The van der Waals surface area contributed by atoms with Crippen molar-refractivity contribution in [1.82, 2.24) is 9.61 Å². The minimum absolute atomic E-state index is 0.259. The van der Waals surface area contributed by atoms with Gasteiger partial charge in [0.05, 0.1) is 23.9 Å². The first-order valence-electron chi connectivity index (χ1n) is 5.94. The molecular formula is C13H14N2O2. The fourth-order valence-corrected chi connectivity index (χ4v) is 2.19. The third kappa shape index (κ3) is 1.69. The Morgan fingerprint density at radius 1 is 1.59 bits per heavy atom. The minimum atomic E-state index is -0.259. The molecule has 0 N–H and O–H groups in total. The third-order valence-corrected chi connectivity index (χ3v) is 3.09. The molecule has 0 bridgehead atoms. The lowest BCUT2D eigenvalue weighted by atomic mass is 10.1. The molecule has 1 aliphatic rings. The van der Waals surface area contributed by atoms with Gasteiger partial charge in [-0.3, -0.25) is 0 Å². The fraction of sp³-hybridized carbons (Fsp3) is 0.385. The predicted molar refractivity (Wildman–Crippen MR) is 63.1 cm³/mol. The average Bonchev–Trinajstić information content (AvgIpc) is 3.05. The summed E-state index contributed by atoms with van der Waals surface area (Å²) >= 11 is 0. The largest absolute Gasteiger partial charge is 0.462 e. The van der Waals surface area contributed by atoms with E-state index in [1.807, 2.05) is 29.8 Å². The summed E-state index contributed by atoms with van der Waals surface area (Å²) in [5.41, 5.74) is 2.75. The Morgan fingerprint density at radius 2 is 2.41 bits per heavy atom. The van der Waals surface area contributed by atoms with Gasteiger partial charge in [-0.05, 0) is 43.4 Å². The van der Waals surface area contributed by atoms with Crippen LogP contribution in [0.4, 0.5) is 0 Å². The third-order valence-electron chi connectivity index (χ3n) is 3.09. The van der Waals surface area contributed by atoms with Crippen LogP contribution in [-0.2, 0) is 4.74 Å². The van der Waals surface area contributed by atoms with Gasteiger partial charge in [0.15, 0.2) is 0 Å². The number of ether oxygens (including phenoxy) is 1. The summed E-state index contributed by atoms with van der Waals surface area (Å²) in [5.74, 6) is 0.236. The SMILES string of the molecule is CCOC(=O)c1cnn2cccc2c1C1CC1. The first-order valence-corrected chi connectivity index (χ1v) is 5.94. The Morgan fingerprint density at radius 3 is 3.12 bits per heavy atom. The summed E-state index contributed by atoms with van der Waals surface area (Å²) in [6, 6.07) is 3.95. The molecule has 2 aromatic heterocycles. The van der Waals surface area contributed by atoms with Crippen molar-refractivity contribution in [2.75, 3.05) is 6.61 Å². The maximum atomic E-state index is 11.9. The summed E-state index contributed by atoms with van der Waals surface area (Å²) in [6.07, 6.45) is 5.82. The molecule has 3 rings (SSSR count). The highest BCUT2D eigenvalue weighted by Crippen LogP contribution is 2.43. The molecule has 4 nitrogen and oxygen atoms in total. The number of esters is 1. The van der Waals surface area contributed by atoms with Gasteiger partial charge in [0.25, 0.3) is 0 Å². The number of carbonyl (C=O) groups is 1. The average molecular weight is 230 g/mol. The van der Waals surface area contributed by atoms with Crippen LogP contribution in [0, 0.1) is 0 Å². The monoisotopic (exact) mass is 230 g/mol. The first kappa shape index (κ1) is 10.3. The van der Waals surface area contributed by atoms with Crippen LogP contribution in [0.2, 0.25) is 0 Å². The highest BCUT2D eigenvalue weighted by atomic mass is 16.5. The molecule has 17 heavy (non-hydrogen) atoms. The number of aromatic nitrogens is 2. The van der Waals surface area contributed by atoms with E-state index in [1.54, 1.807) is 6.20 Å². The molecule has 0 aromatic carbocycles.